The zero-order chi connectivity index (χ0) is 20.3. The monoisotopic (exact) mass is 420 g/mol. The van der Waals surface area contributed by atoms with Crippen LogP contribution < -0.4 is 11.1 Å². The first-order valence-corrected chi connectivity index (χ1v) is 11.4. The van der Waals surface area contributed by atoms with Crippen LogP contribution in [0.5, 0.6) is 0 Å². The minimum Gasteiger partial charge on any atom is -0.444 e. The molecule has 3 N–H and O–H groups in total. The summed E-state index contributed by atoms with van der Waals surface area (Å²) in [7, 11) is 0. The molecule has 27 heavy (non-hydrogen) atoms. The van der Waals surface area contributed by atoms with Crippen LogP contribution in [0.2, 0.25) is 0 Å². The Balaban J connectivity index is 0.000000309. The van der Waals surface area contributed by atoms with Crippen LogP contribution in [0.25, 0.3) is 0 Å². The number of amides is 3. The average molecular weight is 421 g/mol. The van der Waals surface area contributed by atoms with Gasteiger partial charge in [-0.3, -0.25) is 9.59 Å². The van der Waals surface area contributed by atoms with Gasteiger partial charge in [-0.15, -0.1) is 0 Å². The standard InChI is InChI=1S/C11H20N2O3S.C6H12N2OS/c1-11(2,3)16-10(15)12-8-9(14)13-4-6-17-7-5-13;7-5-6(9)8-1-3-10-4-2-8/h4-8H2,1-3H3,(H,12,15);1-5,7H2. The SMILES string of the molecule is CC(C)(C)OC(=O)NCC(=O)N1CCSCC1.NCC(=O)N1CCSCC1. The van der Waals surface area contributed by atoms with Crippen LogP contribution in [-0.4, -0.2) is 95.6 Å². The van der Waals surface area contributed by atoms with Crippen LogP contribution in [0, 0.1) is 0 Å². The summed E-state index contributed by atoms with van der Waals surface area (Å²) in [5, 5.41) is 2.48. The van der Waals surface area contributed by atoms with E-state index in [-0.39, 0.29) is 24.9 Å². The zero-order valence-electron chi connectivity index (χ0n) is 16.5. The van der Waals surface area contributed by atoms with Crippen LogP contribution in [0.3, 0.4) is 0 Å². The molecule has 0 aliphatic carbocycles. The van der Waals surface area contributed by atoms with Crippen LogP contribution in [0.4, 0.5) is 4.79 Å². The fraction of sp³-hybridized carbons (Fsp3) is 0.824. The van der Waals surface area contributed by atoms with E-state index >= 15 is 0 Å². The minimum atomic E-state index is -0.544. The lowest BCUT2D eigenvalue weighted by Gasteiger charge is -2.26. The number of ether oxygens (including phenoxy) is 1. The second-order valence-electron chi connectivity index (χ2n) is 7.05. The van der Waals surface area contributed by atoms with E-state index in [2.05, 4.69) is 5.32 Å². The molecular formula is C17H32N4O4S2. The highest BCUT2D eigenvalue weighted by molar-refractivity contribution is 7.99. The maximum Gasteiger partial charge on any atom is 0.408 e. The number of carbonyl (C=O) groups is 3. The van der Waals surface area contributed by atoms with Gasteiger partial charge in [0.15, 0.2) is 0 Å². The molecule has 3 amide bonds. The van der Waals surface area contributed by atoms with Crippen LogP contribution in [0.15, 0.2) is 0 Å². The smallest absolute Gasteiger partial charge is 0.408 e. The number of alkyl carbamates (subject to hydrolysis) is 1. The molecule has 0 unspecified atom stereocenters. The molecule has 2 saturated heterocycles. The Morgan fingerprint density at radius 1 is 0.926 bits per heavy atom. The highest BCUT2D eigenvalue weighted by Gasteiger charge is 2.20. The number of carbonyl (C=O) groups excluding carboxylic acids is 3. The van der Waals surface area contributed by atoms with Gasteiger partial charge in [-0.1, -0.05) is 0 Å². The highest BCUT2D eigenvalue weighted by atomic mass is 32.2. The van der Waals surface area contributed by atoms with Crippen molar-refractivity contribution in [2.45, 2.75) is 26.4 Å². The number of nitrogens with zero attached hydrogens (tertiary/aromatic N) is 2. The number of hydrogen-bond donors (Lipinski definition) is 2. The molecule has 2 fully saturated rings. The molecule has 2 aliphatic heterocycles. The molecule has 0 aromatic carbocycles. The first kappa shape index (κ1) is 23.9. The topological polar surface area (TPSA) is 105 Å². The predicted octanol–water partition coefficient (Wildman–Crippen LogP) is 0.607. The Kier molecular flexibility index (Phi) is 10.9. The van der Waals surface area contributed by atoms with Crippen molar-refractivity contribution in [2.24, 2.45) is 5.73 Å². The molecule has 0 bridgehead atoms. The summed E-state index contributed by atoms with van der Waals surface area (Å²) in [6.45, 7) is 8.81. The lowest BCUT2D eigenvalue weighted by Crippen LogP contribution is -2.44. The van der Waals surface area contributed by atoms with Crippen molar-refractivity contribution in [1.29, 1.82) is 0 Å². The van der Waals surface area contributed by atoms with E-state index < -0.39 is 11.7 Å². The number of hydrogen-bond acceptors (Lipinski definition) is 7. The third kappa shape index (κ3) is 10.7. The van der Waals surface area contributed by atoms with Crippen molar-refractivity contribution in [3.63, 3.8) is 0 Å². The molecule has 8 nitrogen and oxygen atoms in total. The normalized spacial score (nSPS) is 17.5. The van der Waals surface area contributed by atoms with Crippen LogP contribution in [-0.2, 0) is 14.3 Å². The number of thioether (sulfide) groups is 2. The number of nitrogens with one attached hydrogen (secondary N) is 1. The van der Waals surface area contributed by atoms with E-state index in [0.717, 1.165) is 49.2 Å². The maximum atomic E-state index is 11.7. The number of rotatable bonds is 3. The zero-order valence-corrected chi connectivity index (χ0v) is 18.1. The van der Waals surface area contributed by atoms with E-state index in [1.165, 1.54) is 0 Å². The molecule has 0 atom stereocenters. The molecule has 0 saturated carbocycles. The molecule has 2 aliphatic rings. The summed E-state index contributed by atoms with van der Waals surface area (Å²) in [4.78, 5) is 37.6. The van der Waals surface area contributed by atoms with Crippen molar-refractivity contribution >= 4 is 41.4 Å². The van der Waals surface area contributed by atoms with Crippen LogP contribution in [0.1, 0.15) is 20.8 Å². The van der Waals surface area contributed by atoms with Gasteiger partial charge in [0, 0.05) is 49.2 Å². The fourth-order valence-corrected chi connectivity index (χ4v) is 4.13. The van der Waals surface area contributed by atoms with E-state index in [4.69, 9.17) is 10.5 Å². The Bertz CT molecular complexity index is 488. The van der Waals surface area contributed by atoms with Crippen molar-refractivity contribution in [3.8, 4) is 0 Å². The molecule has 10 heteroatoms. The molecule has 0 aromatic rings. The van der Waals surface area contributed by atoms with Crippen molar-refractivity contribution in [3.05, 3.63) is 0 Å². The average Bonchev–Trinajstić information content (AvgIpc) is 2.66. The molecule has 0 radical (unpaired) electrons. The van der Waals surface area contributed by atoms with E-state index in [0.29, 0.717) is 0 Å². The molecule has 0 spiro atoms. The summed E-state index contributed by atoms with van der Waals surface area (Å²) in [6, 6.07) is 0. The molecule has 2 rings (SSSR count). The van der Waals surface area contributed by atoms with Gasteiger partial charge in [-0.25, -0.2) is 4.79 Å². The van der Waals surface area contributed by atoms with Gasteiger partial charge in [0.1, 0.15) is 12.1 Å². The van der Waals surface area contributed by atoms with E-state index in [1.54, 1.807) is 25.7 Å². The van der Waals surface area contributed by atoms with Gasteiger partial charge in [0.2, 0.25) is 11.8 Å². The van der Waals surface area contributed by atoms with E-state index in [9.17, 15) is 14.4 Å². The van der Waals surface area contributed by atoms with Gasteiger partial charge < -0.3 is 25.6 Å². The summed E-state index contributed by atoms with van der Waals surface area (Å²) < 4.78 is 5.05. The predicted molar refractivity (Wildman–Crippen MR) is 111 cm³/mol. The Hall–Kier alpha value is -1.13. The Labute approximate surface area is 170 Å². The summed E-state index contributed by atoms with van der Waals surface area (Å²) >= 11 is 3.73. The van der Waals surface area contributed by atoms with Crippen molar-refractivity contribution in [1.82, 2.24) is 15.1 Å². The third-order valence-electron chi connectivity index (χ3n) is 3.69. The maximum absolute atomic E-state index is 11.7. The van der Waals surface area contributed by atoms with Gasteiger partial charge in [0.25, 0.3) is 0 Å². The molecule has 2 heterocycles. The first-order valence-electron chi connectivity index (χ1n) is 9.11. The van der Waals surface area contributed by atoms with Gasteiger partial charge in [-0.2, -0.15) is 23.5 Å². The summed E-state index contributed by atoms with van der Waals surface area (Å²) in [6.07, 6.45) is -0.544. The van der Waals surface area contributed by atoms with Gasteiger partial charge >= 0.3 is 6.09 Å². The lowest BCUT2D eigenvalue weighted by molar-refractivity contribution is -0.130. The lowest BCUT2D eigenvalue weighted by atomic mass is 10.2. The Morgan fingerprint density at radius 2 is 1.37 bits per heavy atom. The summed E-state index contributed by atoms with van der Waals surface area (Å²) in [5.74, 6) is 4.10. The number of nitrogens with two attached hydrogens (primary N) is 1. The highest BCUT2D eigenvalue weighted by Crippen LogP contribution is 2.10. The quantitative estimate of drug-likeness (QED) is 0.689. The van der Waals surface area contributed by atoms with E-state index in [1.807, 2.05) is 28.4 Å². The van der Waals surface area contributed by atoms with Crippen molar-refractivity contribution < 1.29 is 19.1 Å². The van der Waals surface area contributed by atoms with Crippen molar-refractivity contribution in [2.75, 3.05) is 62.3 Å². The van der Waals surface area contributed by atoms with Gasteiger partial charge in [0.05, 0.1) is 6.54 Å². The second kappa shape index (κ2) is 12.4. The first-order chi connectivity index (χ1) is 12.7. The Morgan fingerprint density at radius 3 is 1.78 bits per heavy atom. The minimum absolute atomic E-state index is 0.0135. The third-order valence-corrected chi connectivity index (χ3v) is 5.57. The fourth-order valence-electron chi connectivity index (χ4n) is 2.33. The largest absolute Gasteiger partial charge is 0.444 e. The molecule has 0 aromatic heterocycles. The molecular weight excluding hydrogens is 388 g/mol. The second-order valence-corrected chi connectivity index (χ2v) is 9.50. The van der Waals surface area contributed by atoms with Gasteiger partial charge in [-0.05, 0) is 20.8 Å². The molecule has 156 valence electrons. The van der Waals surface area contributed by atoms with Crippen LogP contribution >= 0.6 is 23.5 Å². The summed E-state index contributed by atoms with van der Waals surface area (Å²) in [5.41, 5.74) is 4.67.